The summed E-state index contributed by atoms with van der Waals surface area (Å²) in [5.41, 5.74) is 1.56. The van der Waals surface area contributed by atoms with Crippen molar-refractivity contribution in [1.82, 2.24) is 14.8 Å². The van der Waals surface area contributed by atoms with E-state index in [2.05, 4.69) is 15.5 Å². The van der Waals surface area contributed by atoms with Gasteiger partial charge in [0.2, 0.25) is 5.91 Å². The molecule has 0 aliphatic rings. The van der Waals surface area contributed by atoms with Gasteiger partial charge in [-0.2, -0.15) is 11.3 Å². The van der Waals surface area contributed by atoms with Crippen LogP contribution in [0.2, 0.25) is 0 Å². The van der Waals surface area contributed by atoms with E-state index in [1.165, 1.54) is 23.9 Å². The second-order valence-electron chi connectivity index (χ2n) is 5.70. The third-order valence-corrected chi connectivity index (χ3v) is 6.49. The Balaban J connectivity index is 1.63. The van der Waals surface area contributed by atoms with Crippen molar-refractivity contribution in [2.24, 2.45) is 0 Å². The van der Waals surface area contributed by atoms with Crippen molar-refractivity contribution in [2.45, 2.75) is 23.5 Å². The van der Waals surface area contributed by atoms with Gasteiger partial charge in [-0.1, -0.05) is 11.8 Å². The predicted octanol–water partition coefficient (Wildman–Crippen LogP) is 3.16. The molecule has 1 N–H and O–H groups in total. The highest BCUT2D eigenvalue weighted by molar-refractivity contribution is 7.99. The number of hydrogen-bond donors (Lipinski definition) is 1. The molecule has 142 valence electrons. The van der Waals surface area contributed by atoms with Gasteiger partial charge >= 0.3 is 0 Å². The number of nitrogens with zero attached hydrogens (tertiary/aromatic N) is 3. The van der Waals surface area contributed by atoms with Gasteiger partial charge in [-0.15, -0.1) is 10.2 Å². The van der Waals surface area contributed by atoms with Crippen molar-refractivity contribution in [3.05, 3.63) is 41.1 Å². The lowest BCUT2D eigenvalue weighted by Crippen LogP contribution is -2.14. The summed E-state index contributed by atoms with van der Waals surface area (Å²) in [5, 5.41) is 15.9. The summed E-state index contributed by atoms with van der Waals surface area (Å²) in [4.78, 5) is 12.4. The van der Waals surface area contributed by atoms with E-state index in [0.29, 0.717) is 17.4 Å². The van der Waals surface area contributed by atoms with Gasteiger partial charge in [-0.25, -0.2) is 8.42 Å². The Morgan fingerprint density at radius 3 is 2.56 bits per heavy atom. The second-order valence-corrected chi connectivity index (χ2v) is 9.43. The molecule has 0 atom stereocenters. The minimum absolute atomic E-state index is 0.176. The maximum atomic E-state index is 12.2. The highest BCUT2D eigenvalue weighted by Gasteiger charge is 2.15. The molecule has 2 aromatic heterocycles. The lowest BCUT2D eigenvalue weighted by atomic mass is 10.3. The molecular weight excluding hydrogens is 404 g/mol. The Kier molecular flexibility index (Phi) is 5.98. The van der Waals surface area contributed by atoms with Crippen LogP contribution in [0.15, 0.2) is 51.1 Å². The maximum Gasteiger partial charge on any atom is 0.234 e. The molecule has 0 bridgehead atoms. The van der Waals surface area contributed by atoms with Crippen molar-refractivity contribution in [2.75, 3.05) is 17.3 Å². The van der Waals surface area contributed by atoms with Gasteiger partial charge in [-0.05, 0) is 42.6 Å². The molecule has 2 heterocycles. The van der Waals surface area contributed by atoms with Crippen molar-refractivity contribution in [3.63, 3.8) is 0 Å². The number of thioether (sulfide) groups is 1. The molecule has 0 saturated carbocycles. The van der Waals surface area contributed by atoms with E-state index < -0.39 is 9.84 Å². The summed E-state index contributed by atoms with van der Waals surface area (Å²) in [6.07, 6.45) is 1.14. The number of benzene rings is 1. The molecule has 3 aromatic rings. The van der Waals surface area contributed by atoms with Crippen LogP contribution in [-0.2, 0) is 21.2 Å². The van der Waals surface area contributed by atoms with Crippen molar-refractivity contribution in [1.29, 1.82) is 0 Å². The number of nitrogens with one attached hydrogen (secondary N) is 1. The smallest absolute Gasteiger partial charge is 0.234 e. The lowest BCUT2D eigenvalue weighted by molar-refractivity contribution is -0.113. The van der Waals surface area contributed by atoms with Gasteiger partial charge < -0.3 is 9.88 Å². The van der Waals surface area contributed by atoms with Crippen LogP contribution < -0.4 is 5.32 Å². The number of carbonyl (C=O) groups is 1. The number of aromatic nitrogens is 3. The molecule has 27 heavy (non-hydrogen) atoms. The molecule has 0 fully saturated rings. The molecule has 0 aliphatic carbocycles. The van der Waals surface area contributed by atoms with E-state index in [-0.39, 0.29) is 16.6 Å². The Hall–Kier alpha value is -2.17. The van der Waals surface area contributed by atoms with E-state index in [4.69, 9.17) is 0 Å². The third-order valence-electron chi connectivity index (χ3n) is 3.71. The van der Waals surface area contributed by atoms with Gasteiger partial charge in [0.05, 0.1) is 10.6 Å². The minimum Gasteiger partial charge on any atom is -0.325 e. The molecule has 7 nitrogen and oxygen atoms in total. The summed E-state index contributed by atoms with van der Waals surface area (Å²) in [7, 11) is -3.25. The molecule has 0 unspecified atom stereocenters. The van der Waals surface area contributed by atoms with E-state index in [0.717, 1.165) is 17.6 Å². The first-order valence-corrected chi connectivity index (χ1v) is 11.9. The summed E-state index contributed by atoms with van der Waals surface area (Å²) in [6, 6.07) is 8.07. The molecule has 1 amide bonds. The molecule has 0 radical (unpaired) electrons. The Morgan fingerprint density at radius 1 is 1.22 bits per heavy atom. The molecule has 10 heteroatoms. The Labute approximate surface area is 165 Å². The zero-order valence-corrected chi connectivity index (χ0v) is 17.2. The first-order chi connectivity index (χ1) is 12.9. The summed E-state index contributed by atoms with van der Waals surface area (Å²) < 4.78 is 24.9. The molecular formula is C17H18N4O3S3. The van der Waals surface area contributed by atoms with Crippen LogP contribution in [0.1, 0.15) is 6.92 Å². The average molecular weight is 423 g/mol. The minimum atomic E-state index is -3.25. The summed E-state index contributed by atoms with van der Waals surface area (Å²) >= 11 is 2.90. The van der Waals surface area contributed by atoms with Crippen LogP contribution in [-0.4, -0.2) is 41.1 Å². The Morgan fingerprint density at radius 2 is 1.96 bits per heavy atom. The fourth-order valence-corrected chi connectivity index (χ4v) is 4.47. The number of sulfone groups is 1. The van der Waals surface area contributed by atoms with E-state index >= 15 is 0 Å². The first-order valence-electron chi connectivity index (χ1n) is 8.07. The third kappa shape index (κ3) is 4.76. The SMILES string of the molecule is CCn1c(SCC(=O)Nc2ccc(S(C)(=O)=O)cc2)nnc1-c1ccsc1. The van der Waals surface area contributed by atoms with E-state index in [1.807, 2.05) is 28.3 Å². The number of carbonyl (C=O) groups excluding carboxylic acids is 1. The van der Waals surface area contributed by atoms with Crippen LogP contribution in [0.3, 0.4) is 0 Å². The average Bonchev–Trinajstić information content (AvgIpc) is 3.28. The van der Waals surface area contributed by atoms with Crippen LogP contribution in [0.4, 0.5) is 5.69 Å². The first kappa shape index (κ1) is 19.6. The molecule has 0 saturated heterocycles. The topological polar surface area (TPSA) is 94.0 Å². The van der Waals surface area contributed by atoms with Crippen LogP contribution in [0, 0.1) is 0 Å². The van der Waals surface area contributed by atoms with E-state index in [1.54, 1.807) is 23.5 Å². The monoisotopic (exact) mass is 422 g/mol. The van der Waals surface area contributed by atoms with Crippen molar-refractivity contribution < 1.29 is 13.2 Å². The summed E-state index contributed by atoms with van der Waals surface area (Å²) in [5.74, 6) is 0.767. The van der Waals surface area contributed by atoms with Gasteiger partial charge in [-0.3, -0.25) is 4.79 Å². The van der Waals surface area contributed by atoms with Gasteiger partial charge in [0.1, 0.15) is 0 Å². The van der Waals surface area contributed by atoms with Gasteiger partial charge in [0.15, 0.2) is 20.8 Å². The largest absolute Gasteiger partial charge is 0.325 e. The Bertz CT molecular complexity index is 1030. The quantitative estimate of drug-likeness (QED) is 0.588. The van der Waals surface area contributed by atoms with Gasteiger partial charge in [0.25, 0.3) is 0 Å². The number of hydrogen-bond acceptors (Lipinski definition) is 7. The zero-order chi connectivity index (χ0) is 19.4. The van der Waals surface area contributed by atoms with Crippen LogP contribution in [0.25, 0.3) is 11.4 Å². The maximum absolute atomic E-state index is 12.2. The van der Waals surface area contributed by atoms with Gasteiger partial charge in [0, 0.05) is 29.4 Å². The normalized spacial score (nSPS) is 11.5. The van der Waals surface area contributed by atoms with Crippen molar-refractivity contribution >= 4 is 44.5 Å². The number of thiophene rings is 1. The standard InChI is InChI=1S/C17H18N4O3S3/c1-3-21-16(12-8-9-25-10-12)19-20-17(21)26-11-15(22)18-13-4-6-14(7-5-13)27(2,23)24/h4-10H,3,11H2,1-2H3,(H,18,22). The molecule has 0 spiro atoms. The van der Waals surface area contributed by atoms with Crippen molar-refractivity contribution in [3.8, 4) is 11.4 Å². The fourth-order valence-electron chi connectivity index (χ4n) is 2.40. The van der Waals surface area contributed by atoms with Crippen LogP contribution >= 0.6 is 23.1 Å². The number of rotatable bonds is 7. The number of anilines is 1. The highest BCUT2D eigenvalue weighted by atomic mass is 32.2. The zero-order valence-electron chi connectivity index (χ0n) is 14.7. The van der Waals surface area contributed by atoms with E-state index in [9.17, 15) is 13.2 Å². The molecule has 1 aromatic carbocycles. The lowest BCUT2D eigenvalue weighted by Gasteiger charge is -2.07. The van der Waals surface area contributed by atoms with Crippen LogP contribution in [0.5, 0.6) is 0 Å². The highest BCUT2D eigenvalue weighted by Crippen LogP contribution is 2.25. The molecule has 0 aliphatic heterocycles. The molecule has 3 rings (SSSR count). The predicted molar refractivity (Wildman–Crippen MR) is 108 cm³/mol. The summed E-state index contributed by atoms with van der Waals surface area (Å²) in [6.45, 7) is 2.71. The fraction of sp³-hybridized carbons (Fsp3) is 0.235. The number of amides is 1. The second kappa shape index (κ2) is 8.24.